The zero-order chi connectivity index (χ0) is 14.5. The van der Waals surface area contributed by atoms with Crippen LogP contribution in [0.5, 0.6) is 0 Å². The maximum absolute atomic E-state index is 11.9. The van der Waals surface area contributed by atoms with Crippen molar-refractivity contribution in [1.82, 2.24) is 10.0 Å². The van der Waals surface area contributed by atoms with E-state index in [2.05, 4.69) is 5.01 Å². The van der Waals surface area contributed by atoms with Crippen molar-refractivity contribution in [2.45, 2.75) is 26.2 Å². The van der Waals surface area contributed by atoms with Gasteiger partial charge in [-0.3, -0.25) is 9.80 Å². The van der Waals surface area contributed by atoms with Gasteiger partial charge in [0.2, 0.25) is 5.91 Å². The molecule has 5 nitrogen and oxygen atoms in total. The summed E-state index contributed by atoms with van der Waals surface area (Å²) >= 11 is 0. The van der Waals surface area contributed by atoms with Crippen LogP contribution in [0.15, 0.2) is 24.3 Å². The fourth-order valence-corrected chi connectivity index (χ4v) is 2.46. The number of hydrogen-bond acceptors (Lipinski definition) is 3. The number of nitrogens with zero attached hydrogens (tertiary/aromatic N) is 2. The average Bonchev–Trinajstić information content (AvgIpc) is 2.46. The molecule has 0 aromatic heterocycles. The number of hydrogen-bond donors (Lipinski definition) is 1. The smallest absolute Gasteiger partial charge is 0.335 e. The van der Waals surface area contributed by atoms with Crippen molar-refractivity contribution in [3.8, 4) is 0 Å². The first-order valence-electron chi connectivity index (χ1n) is 6.99. The van der Waals surface area contributed by atoms with Crippen LogP contribution in [0.3, 0.4) is 0 Å². The first kappa shape index (κ1) is 14.5. The second-order valence-electron chi connectivity index (χ2n) is 4.92. The molecule has 1 aliphatic rings. The van der Waals surface area contributed by atoms with Gasteiger partial charge in [0, 0.05) is 26.1 Å². The van der Waals surface area contributed by atoms with Crippen LogP contribution in [0.25, 0.3) is 0 Å². The van der Waals surface area contributed by atoms with Gasteiger partial charge in [0.05, 0.1) is 5.56 Å². The summed E-state index contributed by atoms with van der Waals surface area (Å²) in [6, 6.07) is 6.84. The van der Waals surface area contributed by atoms with Crippen LogP contribution in [-0.2, 0) is 11.2 Å². The van der Waals surface area contributed by atoms with E-state index in [0.717, 1.165) is 31.5 Å². The van der Waals surface area contributed by atoms with Crippen molar-refractivity contribution >= 4 is 11.9 Å². The second kappa shape index (κ2) is 6.52. The van der Waals surface area contributed by atoms with Gasteiger partial charge >= 0.3 is 5.97 Å². The average molecular weight is 276 g/mol. The number of rotatable bonds is 5. The summed E-state index contributed by atoms with van der Waals surface area (Å²) in [5.41, 5.74) is 1.34. The number of carboxylic acids is 1. The molecule has 5 heteroatoms. The lowest BCUT2D eigenvalue weighted by Gasteiger charge is -2.38. The van der Waals surface area contributed by atoms with Crippen LogP contribution in [-0.4, -0.2) is 46.6 Å². The monoisotopic (exact) mass is 276 g/mol. The highest BCUT2D eigenvalue weighted by atomic mass is 16.4. The van der Waals surface area contributed by atoms with E-state index in [4.69, 9.17) is 5.11 Å². The zero-order valence-electron chi connectivity index (χ0n) is 11.7. The van der Waals surface area contributed by atoms with Crippen LogP contribution in [0.4, 0.5) is 0 Å². The summed E-state index contributed by atoms with van der Waals surface area (Å²) in [6.45, 7) is 4.47. The zero-order valence-corrected chi connectivity index (χ0v) is 11.7. The van der Waals surface area contributed by atoms with E-state index in [0.29, 0.717) is 13.0 Å². The van der Waals surface area contributed by atoms with E-state index < -0.39 is 5.97 Å². The molecule has 1 amide bonds. The van der Waals surface area contributed by atoms with E-state index >= 15 is 0 Å². The number of carbonyl (C=O) groups excluding carboxylic acids is 1. The standard InChI is InChI=1S/C15H20N2O3/c1-2-16-10-3-4-14(18)17(16)11-9-12-5-7-13(8-6-12)15(19)20/h5-8H,2-4,9-11H2,1H3,(H,19,20). The molecule has 0 atom stereocenters. The Morgan fingerprint density at radius 3 is 2.60 bits per heavy atom. The van der Waals surface area contributed by atoms with Crippen LogP contribution >= 0.6 is 0 Å². The fraction of sp³-hybridized carbons (Fsp3) is 0.467. The molecule has 1 aromatic carbocycles. The fourth-order valence-electron chi connectivity index (χ4n) is 2.46. The van der Waals surface area contributed by atoms with Gasteiger partial charge in [0.1, 0.15) is 0 Å². The summed E-state index contributed by atoms with van der Waals surface area (Å²) in [4.78, 5) is 22.7. The minimum atomic E-state index is -0.917. The summed E-state index contributed by atoms with van der Waals surface area (Å²) in [5.74, 6) is -0.736. The van der Waals surface area contributed by atoms with Gasteiger partial charge in [0.15, 0.2) is 0 Å². The molecular formula is C15H20N2O3. The molecule has 0 bridgehead atoms. The van der Waals surface area contributed by atoms with Gasteiger partial charge in [-0.2, -0.15) is 0 Å². The Morgan fingerprint density at radius 1 is 1.30 bits per heavy atom. The van der Waals surface area contributed by atoms with E-state index in [1.165, 1.54) is 0 Å². The summed E-state index contributed by atoms with van der Waals surface area (Å²) in [7, 11) is 0. The van der Waals surface area contributed by atoms with Gasteiger partial charge in [0.25, 0.3) is 0 Å². The third kappa shape index (κ3) is 3.36. The highest BCUT2D eigenvalue weighted by Crippen LogP contribution is 2.13. The lowest BCUT2D eigenvalue weighted by Crippen LogP contribution is -2.51. The summed E-state index contributed by atoms with van der Waals surface area (Å²) in [6.07, 6.45) is 2.28. The molecule has 1 saturated heterocycles. The van der Waals surface area contributed by atoms with Crippen LogP contribution in [0.2, 0.25) is 0 Å². The topological polar surface area (TPSA) is 60.9 Å². The Balaban J connectivity index is 1.96. The maximum Gasteiger partial charge on any atom is 0.335 e. The largest absolute Gasteiger partial charge is 0.478 e. The van der Waals surface area contributed by atoms with Gasteiger partial charge in [-0.15, -0.1) is 0 Å². The highest BCUT2D eigenvalue weighted by molar-refractivity contribution is 5.87. The Morgan fingerprint density at radius 2 is 2.00 bits per heavy atom. The van der Waals surface area contributed by atoms with Gasteiger partial charge < -0.3 is 5.11 Å². The molecular weight excluding hydrogens is 256 g/mol. The number of hydrazine groups is 1. The molecule has 0 aliphatic carbocycles. The van der Waals surface area contributed by atoms with E-state index in [1.807, 2.05) is 24.1 Å². The Labute approximate surface area is 118 Å². The quantitative estimate of drug-likeness (QED) is 0.890. The van der Waals surface area contributed by atoms with Crippen molar-refractivity contribution in [1.29, 1.82) is 0 Å². The first-order valence-corrected chi connectivity index (χ1v) is 6.99. The van der Waals surface area contributed by atoms with Gasteiger partial charge in [-0.05, 0) is 30.5 Å². The third-order valence-electron chi connectivity index (χ3n) is 3.61. The molecule has 0 saturated carbocycles. The number of carbonyl (C=O) groups is 2. The van der Waals surface area contributed by atoms with E-state index in [1.54, 1.807) is 12.1 Å². The lowest BCUT2D eigenvalue weighted by atomic mass is 10.1. The van der Waals surface area contributed by atoms with Crippen molar-refractivity contribution in [2.75, 3.05) is 19.6 Å². The number of amides is 1. The number of aromatic carboxylic acids is 1. The minimum Gasteiger partial charge on any atom is -0.478 e. The Bertz CT molecular complexity index is 484. The molecule has 108 valence electrons. The van der Waals surface area contributed by atoms with E-state index in [9.17, 15) is 9.59 Å². The first-order chi connectivity index (χ1) is 9.61. The van der Waals surface area contributed by atoms with Crippen LogP contribution in [0.1, 0.15) is 35.7 Å². The third-order valence-corrected chi connectivity index (χ3v) is 3.61. The van der Waals surface area contributed by atoms with Crippen LogP contribution in [0, 0.1) is 0 Å². The molecule has 2 rings (SSSR count). The minimum absolute atomic E-state index is 0.181. The number of benzene rings is 1. The lowest BCUT2D eigenvalue weighted by molar-refractivity contribution is -0.154. The van der Waals surface area contributed by atoms with Gasteiger partial charge in [-0.25, -0.2) is 9.80 Å². The van der Waals surface area contributed by atoms with E-state index in [-0.39, 0.29) is 11.5 Å². The predicted molar refractivity (Wildman–Crippen MR) is 75.3 cm³/mol. The highest BCUT2D eigenvalue weighted by Gasteiger charge is 2.24. The molecule has 1 aliphatic heterocycles. The molecule has 0 unspecified atom stereocenters. The molecule has 1 aromatic rings. The normalized spacial score (nSPS) is 16.4. The predicted octanol–water partition coefficient (Wildman–Crippen LogP) is 1.79. The van der Waals surface area contributed by atoms with Crippen molar-refractivity contribution < 1.29 is 14.7 Å². The molecule has 0 radical (unpaired) electrons. The number of carboxylic acid groups (broad SMARTS) is 1. The molecule has 20 heavy (non-hydrogen) atoms. The molecule has 0 spiro atoms. The van der Waals surface area contributed by atoms with Crippen molar-refractivity contribution in [2.24, 2.45) is 0 Å². The molecule has 1 N–H and O–H groups in total. The summed E-state index contributed by atoms with van der Waals surface area (Å²) in [5, 5.41) is 12.8. The second-order valence-corrected chi connectivity index (χ2v) is 4.92. The van der Waals surface area contributed by atoms with Crippen LogP contribution < -0.4 is 0 Å². The summed E-state index contributed by atoms with van der Waals surface area (Å²) < 4.78 is 0. The van der Waals surface area contributed by atoms with Crippen molar-refractivity contribution in [3.05, 3.63) is 35.4 Å². The SMILES string of the molecule is CCN1CCCC(=O)N1CCc1ccc(C(=O)O)cc1. The van der Waals surface area contributed by atoms with Crippen molar-refractivity contribution in [3.63, 3.8) is 0 Å². The molecule has 1 heterocycles. The Hall–Kier alpha value is -1.88. The van der Waals surface area contributed by atoms with Gasteiger partial charge in [-0.1, -0.05) is 19.1 Å². The molecule has 1 fully saturated rings. The Kier molecular flexibility index (Phi) is 4.74. The maximum atomic E-state index is 11.9.